The topological polar surface area (TPSA) is 72.2 Å². The summed E-state index contributed by atoms with van der Waals surface area (Å²) in [6.07, 6.45) is -3.08. The van der Waals surface area contributed by atoms with Crippen LogP contribution in [0.5, 0.6) is 11.5 Å². The Hall–Kier alpha value is -3.95. The van der Waals surface area contributed by atoms with Crippen LogP contribution < -0.4 is 9.47 Å². The lowest BCUT2D eigenvalue weighted by atomic mass is 10.1. The van der Waals surface area contributed by atoms with Crippen LogP contribution in [-0.2, 0) is 24.1 Å². The molecule has 3 aromatic rings. The van der Waals surface area contributed by atoms with E-state index in [1.807, 2.05) is 19.9 Å². The molecule has 2 aromatic carbocycles. The number of ether oxygens (including phenoxy) is 2. The summed E-state index contributed by atoms with van der Waals surface area (Å²) < 4.78 is 55.9. The third-order valence-corrected chi connectivity index (χ3v) is 5.73. The molecule has 1 aliphatic rings. The number of rotatable bonds is 9. The number of carbonyl (C=O) groups excluding carboxylic acids is 2. The molecule has 7 nitrogen and oxygen atoms in total. The smallest absolute Gasteiger partial charge is 0.416 e. The van der Waals surface area contributed by atoms with Crippen LogP contribution >= 0.6 is 0 Å². The molecule has 196 valence electrons. The predicted molar refractivity (Wildman–Crippen MR) is 128 cm³/mol. The molecular formula is C27H27F3N2O5. The average Bonchev–Trinajstić information content (AvgIpc) is 3.53. The van der Waals surface area contributed by atoms with Crippen LogP contribution in [0.25, 0.3) is 0 Å². The van der Waals surface area contributed by atoms with Crippen LogP contribution in [0.1, 0.15) is 41.1 Å². The highest BCUT2D eigenvalue weighted by atomic mass is 19.4. The second kappa shape index (κ2) is 11.0. The molecule has 0 atom stereocenters. The van der Waals surface area contributed by atoms with Gasteiger partial charge in [0, 0.05) is 18.7 Å². The lowest BCUT2D eigenvalue weighted by Crippen LogP contribution is -2.44. The van der Waals surface area contributed by atoms with Crippen LogP contribution in [0.3, 0.4) is 0 Å². The number of alkyl halides is 3. The van der Waals surface area contributed by atoms with Gasteiger partial charge >= 0.3 is 6.18 Å². The summed E-state index contributed by atoms with van der Waals surface area (Å²) in [5.41, 5.74) is -0.267. The Morgan fingerprint density at radius 3 is 2.43 bits per heavy atom. The molecule has 0 radical (unpaired) electrons. The molecule has 0 saturated carbocycles. The molecule has 0 spiro atoms. The fourth-order valence-electron chi connectivity index (χ4n) is 4.02. The van der Waals surface area contributed by atoms with E-state index >= 15 is 0 Å². The first-order valence-electron chi connectivity index (χ1n) is 11.8. The van der Waals surface area contributed by atoms with Gasteiger partial charge in [0.1, 0.15) is 12.3 Å². The molecule has 2 heterocycles. The zero-order chi connectivity index (χ0) is 26.6. The van der Waals surface area contributed by atoms with Crippen molar-refractivity contribution in [2.24, 2.45) is 5.92 Å². The maximum absolute atomic E-state index is 13.5. The fourth-order valence-corrected chi connectivity index (χ4v) is 4.02. The van der Waals surface area contributed by atoms with Crippen LogP contribution in [-0.4, -0.2) is 41.5 Å². The lowest BCUT2D eigenvalue weighted by Gasteiger charge is -2.28. The van der Waals surface area contributed by atoms with Crippen LogP contribution in [0, 0.1) is 5.92 Å². The zero-order valence-electron chi connectivity index (χ0n) is 20.5. The summed E-state index contributed by atoms with van der Waals surface area (Å²) in [5.74, 6) is 0.694. The maximum atomic E-state index is 13.5. The van der Waals surface area contributed by atoms with Crippen LogP contribution in [0.4, 0.5) is 13.2 Å². The predicted octanol–water partition coefficient (Wildman–Crippen LogP) is 5.35. The van der Waals surface area contributed by atoms with Gasteiger partial charge in [-0.1, -0.05) is 26.0 Å². The first-order chi connectivity index (χ1) is 17.6. The molecule has 4 rings (SSSR count). The average molecular weight is 517 g/mol. The minimum atomic E-state index is -4.58. The second-order valence-corrected chi connectivity index (χ2v) is 9.17. The van der Waals surface area contributed by atoms with Crippen molar-refractivity contribution in [2.45, 2.75) is 33.1 Å². The number of halogens is 3. The highest BCUT2D eigenvalue weighted by Crippen LogP contribution is 2.33. The summed E-state index contributed by atoms with van der Waals surface area (Å²) in [7, 11) is 0. The van der Waals surface area contributed by atoms with E-state index in [0.717, 1.165) is 17.7 Å². The third-order valence-electron chi connectivity index (χ3n) is 5.73. The van der Waals surface area contributed by atoms with Gasteiger partial charge in [0.15, 0.2) is 11.5 Å². The monoisotopic (exact) mass is 516 g/mol. The Morgan fingerprint density at radius 1 is 0.946 bits per heavy atom. The molecule has 0 bridgehead atoms. The molecule has 0 aliphatic carbocycles. The van der Waals surface area contributed by atoms with Crippen molar-refractivity contribution in [1.82, 2.24) is 9.80 Å². The van der Waals surface area contributed by atoms with Gasteiger partial charge in [-0.15, -0.1) is 0 Å². The van der Waals surface area contributed by atoms with Crippen molar-refractivity contribution in [3.8, 4) is 11.5 Å². The molecular weight excluding hydrogens is 489 g/mol. The molecule has 0 N–H and O–H groups in total. The number of fused-ring (bicyclic) bond motifs is 1. The van der Waals surface area contributed by atoms with Gasteiger partial charge in [0.05, 0.1) is 18.4 Å². The Morgan fingerprint density at radius 2 is 1.73 bits per heavy atom. The van der Waals surface area contributed by atoms with Crippen molar-refractivity contribution >= 4 is 11.8 Å². The van der Waals surface area contributed by atoms with Crippen molar-refractivity contribution in [2.75, 3.05) is 19.9 Å². The summed E-state index contributed by atoms with van der Waals surface area (Å²) in [6.45, 7) is 4.08. The van der Waals surface area contributed by atoms with Crippen LogP contribution in [0.15, 0.2) is 65.3 Å². The largest absolute Gasteiger partial charge is 0.467 e. The van der Waals surface area contributed by atoms with Gasteiger partial charge in [-0.25, -0.2) is 0 Å². The number of amides is 2. The zero-order valence-corrected chi connectivity index (χ0v) is 20.5. The molecule has 0 unspecified atom stereocenters. The van der Waals surface area contributed by atoms with E-state index in [-0.39, 0.29) is 50.4 Å². The van der Waals surface area contributed by atoms with E-state index in [0.29, 0.717) is 17.3 Å². The van der Waals surface area contributed by atoms with E-state index in [1.165, 1.54) is 28.2 Å². The van der Waals surface area contributed by atoms with E-state index in [4.69, 9.17) is 13.9 Å². The van der Waals surface area contributed by atoms with Crippen molar-refractivity contribution in [3.05, 3.63) is 83.3 Å². The van der Waals surface area contributed by atoms with Crippen molar-refractivity contribution in [1.29, 1.82) is 0 Å². The lowest BCUT2D eigenvalue weighted by molar-refractivity contribution is -0.137. The van der Waals surface area contributed by atoms with Gasteiger partial charge in [-0.2, -0.15) is 13.2 Å². The molecule has 0 saturated heterocycles. The SMILES string of the molecule is CC(C)CN(CC(=O)N(Cc1ccc2c(c1)OCO2)Cc1ccco1)C(=O)c1cccc(C(F)(F)F)c1. The Labute approximate surface area is 212 Å². The van der Waals surface area contributed by atoms with E-state index in [2.05, 4.69) is 0 Å². The first-order valence-corrected chi connectivity index (χ1v) is 11.8. The molecule has 37 heavy (non-hydrogen) atoms. The van der Waals surface area contributed by atoms with Crippen LogP contribution in [0.2, 0.25) is 0 Å². The number of carbonyl (C=O) groups is 2. The number of hydrogen-bond donors (Lipinski definition) is 0. The van der Waals surface area contributed by atoms with Crippen molar-refractivity contribution in [3.63, 3.8) is 0 Å². The van der Waals surface area contributed by atoms with Gasteiger partial charge in [-0.05, 0) is 53.9 Å². The molecule has 1 aromatic heterocycles. The Bertz CT molecular complexity index is 1240. The number of furan rings is 1. The molecule has 1 aliphatic heterocycles. The summed E-state index contributed by atoms with van der Waals surface area (Å²) >= 11 is 0. The minimum Gasteiger partial charge on any atom is -0.467 e. The standard InChI is InChI=1S/C27H27F3N2O5/c1-18(2)13-32(26(34)20-5-3-6-21(12-20)27(28,29)30)16-25(33)31(15-22-7-4-10-35-22)14-19-8-9-23-24(11-19)37-17-36-23/h3-12,18H,13-17H2,1-2H3. The highest BCUT2D eigenvalue weighted by molar-refractivity contribution is 5.96. The van der Waals surface area contributed by atoms with E-state index in [1.54, 1.807) is 24.3 Å². The summed E-state index contributed by atoms with van der Waals surface area (Å²) in [6, 6.07) is 13.0. The van der Waals surface area contributed by atoms with E-state index < -0.39 is 17.6 Å². The summed E-state index contributed by atoms with van der Waals surface area (Å²) in [5, 5.41) is 0. The highest BCUT2D eigenvalue weighted by Gasteiger charge is 2.32. The first kappa shape index (κ1) is 26.1. The summed E-state index contributed by atoms with van der Waals surface area (Å²) in [4.78, 5) is 29.6. The van der Waals surface area contributed by atoms with E-state index in [9.17, 15) is 22.8 Å². The quantitative estimate of drug-likeness (QED) is 0.383. The molecule has 10 heteroatoms. The fraction of sp³-hybridized carbons (Fsp3) is 0.333. The number of hydrogen-bond acceptors (Lipinski definition) is 5. The maximum Gasteiger partial charge on any atom is 0.416 e. The van der Waals surface area contributed by atoms with Gasteiger partial charge < -0.3 is 23.7 Å². The third kappa shape index (κ3) is 6.63. The van der Waals surface area contributed by atoms with Crippen molar-refractivity contribution < 1.29 is 36.7 Å². The number of benzene rings is 2. The normalized spacial score (nSPS) is 12.6. The Kier molecular flexibility index (Phi) is 7.75. The van der Waals surface area contributed by atoms with Gasteiger partial charge in [-0.3, -0.25) is 9.59 Å². The molecule has 2 amide bonds. The minimum absolute atomic E-state index is 0.0186. The molecule has 0 fully saturated rings. The van der Waals surface area contributed by atoms with Gasteiger partial charge in [0.2, 0.25) is 12.7 Å². The Balaban J connectivity index is 1.56. The second-order valence-electron chi connectivity index (χ2n) is 9.17. The van der Waals surface area contributed by atoms with Gasteiger partial charge in [0.25, 0.3) is 5.91 Å². The number of nitrogens with zero attached hydrogens (tertiary/aromatic N) is 2.